The molecule has 0 radical (unpaired) electrons. The van der Waals surface area contributed by atoms with Gasteiger partial charge < -0.3 is 15.2 Å². The van der Waals surface area contributed by atoms with Gasteiger partial charge in [-0.05, 0) is 80.6 Å². The lowest BCUT2D eigenvalue weighted by atomic mass is 9.79. The number of piperidine rings is 1. The van der Waals surface area contributed by atoms with E-state index >= 15 is 0 Å². The fraction of sp³-hybridized carbons (Fsp3) is 0.533. The molecular weight excluding hydrogens is 402 g/mol. The molecule has 1 aromatic heterocycles. The van der Waals surface area contributed by atoms with Crippen molar-refractivity contribution in [3.63, 3.8) is 0 Å². The van der Waals surface area contributed by atoms with Crippen LogP contribution < -0.4 is 10.6 Å². The quantitative estimate of drug-likeness (QED) is 0.421. The number of benzene rings is 2. The third kappa shape index (κ3) is 4.90. The Morgan fingerprint density at radius 1 is 0.848 bits per heavy atom. The lowest BCUT2D eigenvalue weighted by Crippen LogP contribution is -2.30. The third-order valence-corrected chi connectivity index (χ3v) is 8.31. The van der Waals surface area contributed by atoms with E-state index in [-0.39, 0.29) is 0 Å². The average Bonchev–Trinajstić information content (AvgIpc) is 3.19. The highest BCUT2D eigenvalue weighted by molar-refractivity contribution is 5.86. The molecule has 3 nitrogen and oxygen atoms in total. The first-order valence-corrected chi connectivity index (χ1v) is 13.3. The molecule has 2 aliphatic rings. The van der Waals surface area contributed by atoms with Crippen LogP contribution in [0.15, 0.2) is 54.6 Å². The van der Waals surface area contributed by atoms with Crippen LogP contribution >= 0.6 is 0 Å². The van der Waals surface area contributed by atoms with E-state index in [1.807, 2.05) is 0 Å². The van der Waals surface area contributed by atoms with Crippen LogP contribution in [0.4, 0.5) is 0 Å². The first-order chi connectivity index (χ1) is 16.2. The molecule has 33 heavy (non-hydrogen) atoms. The summed E-state index contributed by atoms with van der Waals surface area (Å²) in [7, 11) is 0. The van der Waals surface area contributed by atoms with Gasteiger partial charge in [-0.3, -0.25) is 0 Å². The van der Waals surface area contributed by atoms with E-state index in [9.17, 15) is 0 Å². The molecule has 1 aliphatic heterocycles. The van der Waals surface area contributed by atoms with Crippen molar-refractivity contribution >= 4 is 10.9 Å². The number of fused-ring (bicyclic) bond motifs is 1. The van der Waals surface area contributed by atoms with Crippen LogP contribution in [0.25, 0.3) is 10.9 Å². The van der Waals surface area contributed by atoms with Gasteiger partial charge >= 0.3 is 0 Å². The van der Waals surface area contributed by atoms with E-state index in [1.54, 1.807) is 11.3 Å². The highest BCUT2D eigenvalue weighted by Crippen LogP contribution is 2.43. The number of hydrogen-bond acceptors (Lipinski definition) is 2. The molecule has 2 aromatic carbocycles. The predicted octanol–water partition coefficient (Wildman–Crippen LogP) is 6.79. The summed E-state index contributed by atoms with van der Waals surface area (Å²) in [5.74, 6) is 2.38. The largest absolute Gasteiger partial charge is 0.341 e. The Morgan fingerprint density at radius 2 is 1.55 bits per heavy atom. The zero-order valence-electron chi connectivity index (χ0n) is 20.5. The Labute approximate surface area is 200 Å². The summed E-state index contributed by atoms with van der Waals surface area (Å²) in [5, 5.41) is 8.86. The van der Waals surface area contributed by atoms with E-state index in [0.717, 1.165) is 38.0 Å². The molecule has 2 fully saturated rings. The fourth-order valence-corrected chi connectivity index (χ4v) is 6.42. The summed E-state index contributed by atoms with van der Waals surface area (Å²) >= 11 is 0. The molecule has 0 unspecified atom stereocenters. The minimum atomic E-state index is 0.651. The van der Waals surface area contributed by atoms with Crippen molar-refractivity contribution in [1.82, 2.24) is 15.2 Å². The Kier molecular flexibility index (Phi) is 7.18. The van der Waals surface area contributed by atoms with Crippen molar-refractivity contribution in [3.05, 3.63) is 71.4 Å². The third-order valence-electron chi connectivity index (χ3n) is 8.31. The summed E-state index contributed by atoms with van der Waals surface area (Å²) < 4.78 is 2.82. The van der Waals surface area contributed by atoms with Crippen molar-refractivity contribution < 1.29 is 0 Å². The molecule has 1 aliphatic carbocycles. The van der Waals surface area contributed by atoms with Crippen molar-refractivity contribution in [2.45, 2.75) is 77.4 Å². The van der Waals surface area contributed by atoms with E-state index in [2.05, 4.69) is 83.6 Å². The van der Waals surface area contributed by atoms with Crippen molar-refractivity contribution in [1.29, 1.82) is 0 Å². The Morgan fingerprint density at radius 3 is 2.27 bits per heavy atom. The van der Waals surface area contributed by atoms with Gasteiger partial charge in [0.15, 0.2) is 0 Å². The summed E-state index contributed by atoms with van der Waals surface area (Å²) in [6.07, 6.45) is 7.92. The van der Waals surface area contributed by atoms with Crippen molar-refractivity contribution in [2.24, 2.45) is 11.8 Å². The van der Waals surface area contributed by atoms with Gasteiger partial charge in [-0.2, -0.15) is 0 Å². The Bertz CT molecular complexity index is 1020. The maximum atomic E-state index is 3.80. The SMILES string of the molecule is CC(C)C1CCC(n2c(C3CCNCC3)c(CNCc3ccccc3)c3ccccc32)CC1. The van der Waals surface area contributed by atoms with Crippen molar-refractivity contribution in [2.75, 3.05) is 13.1 Å². The molecule has 3 aromatic rings. The number of nitrogens with one attached hydrogen (secondary N) is 2. The van der Waals surface area contributed by atoms with Crippen LogP contribution in [0, 0.1) is 11.8 Å². The second kappa shape index (κ2) is 10.4. The van der Waals surface area contributed by atoms with Crippen LogP contribution in [0.3, 0.4) is 0 Å². The van der Waals surface area contributed by atoms with Gasteiger partial charge in [0, 0.05) is 41.6 Å². The van der Waals surface area contributed by atoms with E-state index in [0.29, 0.717) is 12.0 Å². The summed E-state index contributed by atoms with van der Waals surface area (Å²) in [4.78, 5) is 0. The van der Waals surface area contributed by atoms with Crippen LogP contribution in [-0.4, -0.2) is 17.7 Å². The molecule has 0 bridgehead atoms. The highest BCUT2D eigenvalue weighted by atomic mass is 15.0. The normalized spacial score (nSPS) is 22.3. The summed E-state index contributed by atoms with van der Waals surface area (Å²) in [6, 6.07) is 20.7. The number of para-hydroxylation sites is 1. The molecule has 2 heterocycles. The van der Waals surface area contributed by atoms with Gasteiger partial charge in [0.25, 0.3) is 0 Å². The topological polar surface area (TPSA) is 29.0 Å². The first-order valence-electron chi connectivity index (χ1n) is 13.3. The van der Waals surface area contributed by atoms with E-state index < -0.39 is 0 Å². The Balaban J connectivity index is 1.49. The van der Waals surface area contributed by atoms with Crippen molar-refractivity contribution in [3.8, 4) is 0 Å². The minimum Gasteiger partial charge on any atom is -0.341 e. The summed E-state index contributed by atoms with van der Waals surface area (Å²) in [5.41, 5.74) is 6.03. The van der Waals surface area contributed by atoms with Crippen LogP contribution in [0.1, 0.15) is 81.2 Å². The lowest BCUT2D eigenvalue weighted by Gasteiger charge is -2.35. The number of rotatable bonds is 7. The van der Waals surface area contributed by atoms with Gasteiger partial charge in [-0.25, -0.2) is 0 Å². The second-order valence-electron chi connectivity index (χ2n) is 10.7. The zero-order valence-corrected chi connectivity index (χ0v) is 20.5. The molecule has 1 saturated carbocycles. The number of aromatic nitrogens is 1. The average molecular weight is 444 g/mol. The van der Waals surface area contributed by atoms with Crippen LogP contribution in [0.2, 0.25) is 0 Å². The molecule has 1 saturated heterocycles. The molecule has 3 heteroatoms. The highest BCUT2D eigenvalue weighted by Gasteiger charge is 2.31. The molecule has 2 N–H and O–H groups in total. The molecule has 5 rings (SSSR count). The maximum absolute atomic E-state index is 3.80. The maximum Gasteiger partial charge on any atom is 0.0488 e. The molecule has 0 amide bonds. The van der Waals surface area contributed by atoms with E-state index in [1.165, 1.54) is 55.0 Å². The predicted molar refractivity (Wildman–Crippen MR) is 140 cm³/mol. The van der Waals surface area contributed by atoms with E-state index in [4.69, 9.17) is 0 Å². The van der Waals surface area contributed by atoms with Gasteiger partial charge in [-0.15, -0.1) is 0 Å². The lowest BCUT2D eigenvalue weighted by molar-refractivity contribution is 0.224. The second-order valence-corrected chi connectivity index (χ2v) is 10.7. The number of hydrogen-bond donors (Lipinski definition) is 2. The van der Waals surface area contributed by atoms with Gasteiger partial charge in [0.05, 0.1) is 0 Å². The molecule has 176 valence electrons. The molecule has 0 spiro atoms. The molecular formula is C30H41N3. The van der Waals surface area contributed by atoms with Gasteiger partial charge in [0.1, 0.15) is 0 Å². The van der Waals surface area contributed by atoms with Gasteiger partial charge in [0.2, 0.25) is 0 Å². The molecule has 0 atom stereocenters. The smallest absolute Gasteiger partial charge is 0.0488 e. The summed E-state index contributed by atoms with van der Waals surface area (Å²) in [6.45, 7) is 8.97. The zero-order chi connectivity index (χ0) is 22.6. The van der Waals surface area contributed by atoms with Crippen LogP contribution in [-0.2, 0) is 13.1 Å². The Hall–Kier alpha value is -2.10. The fourth-order valence-electron chi connectivity index (χ4n) is 6.42. The minimum absolute atomic E-state index is 0.651. The monoisotopic (exact) mass is 443 g/mol. The van der Waals surface area contributed by atoms with Gasteiger partial charge in [-0.1, -0.05) is 62.4 Å². The first kappa shape index (κ1) is 22.7. The number of nitrogens with zero attached hydrogens (tertiary/aromatic N) is 1. The standard InChI is InChI=1S/C30H41N3/c1-22(2)24-12-14-26(15-13-24)33-29-11-7-6-10-27(29)28(30(33)25-16-18-31-19-17-25)21-32-20-23-8-4-3-5-9-23/h3-11,22,24-26,31-32H,12-21H2,1-2H3. The van der Waals surface area contributed by atoms with Crippen LogP contribution in [0.5, 0.6) is 0 Å².